The molecule has 2 rings (SSSR count). The van der Waals surface area contributed by atoms with Crippen molar-refractivity contribution in [2.24, 2.45) is 5.92 Å². The van der Waals surface area contributed by atoms with Gasteiger partial charge in [-0.25, -0.2) is 0 Å². The molecule has 1 aliphatic carbocycles. The first-order valence-corrected chi connectivity index (χ1v) is 7.03. The minimum Gasteiger partial charge on any atom is -0.466 e. The van der Waals surface area contributed by atoms with Gasteiger partial charge in [0.25, 0.3) is 5.91 Å². The molecule has 1 aromatic rings. The van der Waals surface area contributed by atoms with E-state index in [-0.39, 0.29) is 5.91 Å². The second-order valence-corrected chi connectivity index (χ2v) is 5.54. The van der Waals surface area contributed by atoms with E-state index in [2.05, 4.69) is 5.32 Å². The van der Waals surface area contributed by atoms with Gasteiger partial charge in [-0.15, -0.1) is 0 Å². The van der Waals surface area contributed by atoms with Gasteiger partial charge < -0.3 is 14.8 Å². The summed E-state index contributed by atoms with van der Waals surface area (Å²) in [6.07, 6.45) is 4.09. The Morgan fingerprint density at radius 1 is 1.32 bits per heavy atom. The number of hydrogen-bond acceptors (Lipinski definition) is 3. The third-order valence-corrected chi connectivity index (χ3v) is 4.20. The second kappa shape index (κ2) is 5.78. The van der Waals surface area contributed by atoms with Crippen LogP contribution < -0.4 is 5.32 Å². The molecule has 0 bridgehead atoms. The number of aliphatic hydroxyl groups excluding tert-OH is 1. The summed E-state index contributed by atoms with van der Waals surface area (Å²) in [6.45, 7) is 5.86. The normalized spacial score (nSPS) is 17.7. The SMILES string of the molecule is Cc1oc(C)c(C(=O)NCC(O)C2CCCC2)c1C. The van der Waals surface area contributed by atoms with E-state index in [0.717, 1.165) is 24.2 Å². The molecular formula is C15H23NO3. The summed E-state index contributed by atoms with van der Waals surface area (Å²) < 4.78 is 5.45. The van der Waals surface area contributed by atoms with Gasteiger partial charge in [-0.05, 0) is 39.5 Å². The zero-order valence-corrected chi connectivity index (χ0v) is 12.0. The molecule has 19 heavy (non-hydrogen) atoms. The summed E-state index contributed by atoms with van der Waals surface area (Å²) in [6, 6.07) is 0. The number of aliphatic hydroxyl groups is 1. The maximum Gasteiger partial charge on any atom is 0.255 e. The monoisotopic (exact) mass is 265 g/mol. The zero-order valence-electron chi connectivity index (χ0n) is 12.0. The maximum absolute atomic E-state index is 12.1. The van der Waals surface area contributed by atoms with Crippen molar-refractivity contribution in [3.63, 3.8) is 0 Å². The quantitative estimate of drug-likeness (QED) is 0.879. The molecule has 1 heterocycles. The molecule has 0 radical (unpaired) electrons. The van der Waals surface area contributed by atoms with Gasteiger partial charge in [0.2, 0.25) is 0 Å². The summed E-state index contributed by atoms with van der Waals surface area (Å²) in [5.41, 5.74) is 1.49. The highest BCUT2D eigenvalue weighted by molar-refractivity contribution is 5.96. The third kappa shape index (κ3) is 3.00. The lowest BCUT2D eigenvalue weighted by atomic mass is 10.0. The van der Waals surface area contributed by atoms with Gasteiger partial charge in [-0.1, -0.05) is 12.8 Å². The number of hydrogen-bond donors (Lipinski definition) is 2. The van der Waals surface area contributed by atoms with E-state index in [1.165, 1.54) is 12.8 Å². The van der Waals surface area contributed by atoms with Crippen molar-refractivity contribution in [3.05, 3.63) is 22.6 Å². The molecule has 1 aromatic heterocycles. The Labute approximate surface area is 114 Å². The van der Waals surface area contributed by atoms with Crippen LogP contribution in [0.3, 0.4) is 0 Å². The van der Waals surface area contributed by atoms with E-state index < -0.39 is 6.10 Å². The standard InChI is InChI=1S/C15H23NO3/c1-9-10(2)19-11(3)14(9)15(18)16-8-13(17)12-6-4-5-7-12/h12-13,17H,4-8H2,1-3H3,(H,16,18). The largest absolute Gasteiger partial charge is 0.466 e. The van der Waals surface area contributed by atoms with Gasteiger partial charge in [0.15, 0.2) is 0 Å². The molecule has 0 saturated heterocycles. The highest BCUT2D eigenvalue weighted by Gasteiger charge is 2.24. The van der Waals surface area contributed by atoms with Crippen LogP contribution in [-0.2, 0) is 0 Å². The smallest absolute Gasteiger partial charge is 0.255 e. The van der Waals surface area contributed by atoms with Crippen LogP contribution >= 0.6 is 0 Å². The molecule has 4 heteroatoms. The molecule has 4 nitrogen and oxygen atoms in total. The zero-order chi connectivity index (χ0) is 14.0. The van der Waals surface area contributed by atoms with Gasteiger partial charge in [-0.2, -0.15) is 0 Å². The topological polar surface area (TPSA) is 62.5 Å². The Hall–Kier alpha value is -1.29. The Balaban J connectivity index is 1.93. The van der Waals surface area contributed by atoms with Crippen molar-refractivity contribution >= 4 is 5.91 Å². The Morgan fingerprint density at radius 3 is 2.47 bits per heavy atom. The van der Waals surface area contributed by atoms with Crippen molar-refractivity contribution in [1.82, 2.24) is 5.32 Å². The number of carbonyl (C=O) groups is 1. The fourth-order valence-corrected chi connectivity index (χ4v) is 2.92. The average Bonchev–Trinajstić information content (AvgIpc) is 2.96. The minimum atomic E-state index is -0.430. The maximum atomic E-state index is 12.1. The van der Waals surface area contributed by atoms with E-state index in [1.807, 2.05) is 13.8 Å². The van der Waals surface area contributed by atoms with Gasteiger partial charge >= 0.3 is 0 Å². The lowest BCUT2D eigenvalue weighted by Gasteiger charge is -2.18. The van der Waals surface area contributed by atoms with E-state index in [1.54, 1.807) is 6.92 Å². The predicted octanol–water partition coefficient (Wildman–Crippen LogP) is 2.49. The van der Waals surface area contributed by atoms with Crippen molar-refractivity contribution in [3.8, 4) is 0 Å². The number of amides is 1. The Morgan fingerprint density at radius 2 is 1.95 bits per heavy atom. The molecule has 106 valence electrons. The summed E-state index contributed by atoms with van der Waals surface area (Å²) in [5.74, 6) is 1.61. The molecule has 1 fully saturated rings. The summed E-state index contributed by atoms with van der Waals surface area (Å²) >= 11 is 0. The van der Waals surface area contributed by atoms with Gasteiger partial charge in [0.1, 0.15) is 11.5 Å². The van der Waals surface area contributed by atoms with E-state index in [0.29, 0.717) is 23.8 Å². The molecule has 0 spiro atoms. The first-order chi connectivity index (χ1) is 9.00. The van der Waals surface area contributed by atoms with Gasteiger partial charge in [0, 0.05) is 12.1 Å². The molecule has 1 aliphatic rings. The fraction of sp³-hybridized carbons (Fsp3) is 0.667. The third-order valence-electron chi connectivity index (χ3n) is 4.20. The first-order valence-electron chi connectivity index (χ1n) is 7.03. The lowest BCUT2D eigenvalue weighted by molar-refractivity contribution is 0.0839. The fourth-order valence-electron chi connectivity index (χ4n) is 2.92. The molecule has 0 aromatic carbocycles. The molecule has 0 aliphatic heterocycles. The van der Waals surface area contributed by atoms with Crippen LogP contribution in [0.5, 0.6) is 0 Å². The molecule has 1 amide bonds. The van der Waals surface area contributed by atoms with Crippen molar-refractivity contribution in [2.75, 3.05) is 6.54 Å². The summed E-state index contributed by atoms with van der Waals surface area (Å²) in [4.78, 5) is 12.1. The van der Waals surface area contributed by atoms with E-state index in [4.69, 9.17) is 4.42 Å². The molecule has 1 unspecified atom stereocenters. The van der Waals surface area contributed by atoms with E-state index in [9.17, 15) is 9.90 Å². The predicted molar refractivity (Wildman–Crippen MR) is 73.2 cm³/mol. The summed E-state index contributed by atoms with van der Waals surface area (Å²) in [5, 5.41) is 12.9. The Bertz CT molecular complexity index is 458. The van der Waals surface area contributed by atoms with Crippen LogP contribution in [0.15, 0.2) is 4.42 Å². The molecule has 1 atom stereocenters. The molecular weight excluding hydrogens is 242 g/mol. The van der Waals surface area contributed by atoms with Gasteiger partial charge in [-0.3, -0.25) is 4.79 Å². The molecule has 2 N–H and O–H groups in total. The summed E-state index contributed by atoms with van der Waals surface area (Å²) in [7, 11) is 0. The highest BCUT2D eigenvalue weighted by Crippen LogP contribution is 2.27. The van der Waals surface area contributed by atoms with Crippen LogP contribution in [0, 0.1) is 26.7 Å². The van der Waals surface area contributed by atoms with Crippen molar-refractivity contribution < 1.29 is 14.3 Å². The van der Waals surface area contributed by atoms with Crippen LogP contribution in [0.25, 0.3) is 0 Å². The minimum absolute atomic E-state index is 0.149. The second-order valence-electron chi connectivity index (χ2n) is 5.54. The van der Waals surface area contributed by atoms with Crippen molar-refractivity contribution in [2.45, 2.75) is 52.6 Å². The number of furan rings is 1. The number of rotatable bonds is 4. The van der Waals surface area contributed by atoms with Crippen LogP contribution in [0.2, 0.25) is 0 Å². The average molecular weight is 265 g/mol. The van der Waals surface area contributed by atoms with E-state index >= 15 is 0 Å². The number of carbonyl (C=O) groups excluding carboxylic acids is 1. The molecule has 1 saturated carbocycles. The van der Waals surface area contributed by atoms with Crippen LogP contribution in [-0.4, -0.2) is 23.7 Å². The van der Waals surface area contributed by atoms with Crippen molar-refractivity contribution in [1.29, 1.82) is 0 Å². The van der Waals surface area contributed by atoms with Crippen LogP contribution in [0.4, 0.5) is 0 Å². The number of nitrogens with one attached hydrogen (secondary N) is 1. The lowest BCUT2D eigenvalue weighted by Crippen LogP contribution is -2.35. The van der Waals surface area contributed by atoms with Crippen LogP contribution in [0.1, 0.15) is 53.1 Å². The Kier molecular flexibility index (Phi) is 4.30. The number of aryl methyl sites for hydroxylation is 2. The van der Waals surface area contributed by atoms with Gasteiger partial charge in [0.05, 0.1) is 11.7 Å². The highest BCUT2D eigenvalue weighted by atomic mass is 16.3. The first kappa shape index (κ1) is 14.1.